The Balaban J connectivity index is 2.68. The minimum Gasteiger partial charge on any atom is -0.494 e. The van der Waals surface area contributed by atoms with Gasteiger partial charge in [0.25, 0.3) is 0 Å². The standard InChI is InChI=1S/C15H24N2O3S/c1-3-4-5-8-20-11-6-7-13(14(9-11)19-2)17-15(18)12(16)10-21/h6-7,9,12,21H,3-5,8,10,16H2,1-2H3,(H,17,18). The molecule has 0 aliphatic carbocycles. The van der Waals surface area contributed by atoms with E-state index in [9.17, 15) is 4.79 Å². The van der Waals surface area contributed by atoms with E-state index in [4.69, 9.17) is 15.2 Å². The zero-order chi connectivity index (χ0) is 15.7. The Labute approximate surface area is 131 Å². The highest BCUT2D eigenvalue weighted by Crippen LogP contribution is 2.29. The topological polar surface area (TPSA) is 73.6 Å². The van der Waals surface area contributed by atoms with Gasteiger partial charge in [0.2, 0.25) is 5.91 Å². The van der Waals surface area contributed by atoms with Gasteiger partial charge in [0.05, 0.1) is 25.4 Å². The summed E-state index contributed by atoms with van der Waals surface area (Å²) in [7, 11) is 1.55. The molecular formula is C15H24N2O3S. The molecule has 118 valence electrons. The molecule has 0 aliphatic rings. The van der Waals surface area contributed by atoms with Crippen molar-refractivity contribution in [2.24, 2.45) is 5.73 Å². The number of unbranched alkanes of at least 4 members (excludes halogenated alkanes) is 2. The molecule has 0 aromatic heterocycles. The molecule has 1 amide bonds. The van der Waals surface area contributed by atoms with Gasteiger partial charge >= 0.3 is 0 Å². The molecule has 1 rings (SSSR count). The van der Waals surface area contributed by atoms with E-state index < -0.39 is 6.04 Å². The Kier molecular flexibility index (Phi) is 8.00. The number of nitrogens with one attached hydrogen (secondary N) is 1. The average Bonchev–Trinajstić information content (AvgIpc) is 2.51. The van der Waals surface area contributed by atoms with E-state index in [1.165, 1.54) is 0 Å². The summed E-state index contributed by atoms with van der Waals surface area (Å²) < 4.78 is 10.9. The molecule has 1 aromatic rings. The van der Waals surface area contributed by atoms with E-state index in [0.717, 1.165) is 25.0 Å². The van der Waals surface area contributed by atoms with Crippen LogP contribution in [0, 0.1) is 0 Å². The van der Waals surface area contributed by atoms with Crippen molar-refractivity contribution in [2.45, 2.75) is 32.2 Å². The molecule has 0 spiro atoms. The van der Waals surface area contributed by atoms with Gasteiger partial charge in [0.15, 0.2) is 0 Å². The minimum absolute atomic E-state index is 0.284. The smallest absolute Gasteiger partial charge is 0.242 e. The lowest BCUT2D eigenvalue weighted by atomic mass is 10.2. The van der Waals surface area contributed by atoms with Crippen molar-refractivity contribution in [1.82, 2.24) is 0 Å². The molecule has 6 heteroatoms. The van der Waals surface area contributed by atoms with Crippen LogP contribution in [0.25, 0.3) is 0 Å². The molecule has 3 N–H and O–H groups in total. The van der Waals surface area contributed by atoms with Gasteiger partial charge in [-0.2, -0.15) is 12.6 Å². The quantitative estimate of drug-likeness (QED) is 0.484. The first-order chi connectivity index (χ1) is 10.1. The van der Waals surface area contributed by atoms with Crippen LogP contribution in [-0.4, -0.2) is 31.4 Å². The van der Waals surface area contributed by atoms with E-state index >= 15 is 0 Å². The second-order valence-electron chi connectivity index (χ2n) is 4.70. The fraction of sp³-hybridized carbons (Fsp3) is 0.533. The molecule has 1 atom stereocenters. The number of anilines is 1. The lowest BCUT2D eigenvalue weighted by Gasteiger charge is -2.14. The SMILES string of the molecule is CCCCCOc1ccc(NC(=O)C(N)CS)c(OC)c1. The number of carbonyl (C=O) groups is 1. The number of benzene rings is 1. The van der Waals surface area contributed by atoms with E-state index in [0.29, 0.717) is 18.0 Å². The summed E-state index contributed by atoms with van der Waals surface area (Å²) in [6, 6.07) is 4.66. The Morgan fingerprint density at radius 1 is 1.43 bits per heavy atom. The van der Waals surface area contributed by atoms with E-state index in [2.05, 4.69) is 24.9 Å². The average molecular weight is 312 g/mol. The molecule has 0 radical (unpaired) electrons. The molecule has 1 aromatic carbocycles. The fourth-order valence-corrected chi connectivity index (χ4v) is 1.88. The zero-order valence-electron chi connectivity index (χ0n) is 12.6. The second-order valence-corrected chi connectivity index (χ2v) is 5.06. The maximum absolute atomic E-state index is 11.8. The summed E-state index contributed by atoms with van der Waals surface area (Å²) in [5.74, 6) is 1.26. The highest BCUT2D eigenvalue weighted by molar-refractivity contribution is 7.80. The minimum atomic E-state index is -0.650. The number of nitrogens with two attached hydrogens (primary N) is 1. The van der Waals surface area contributed by atoms with Crippen molar-refractivity contribution in [3.63, 3.8) is 0 Å². The lowest BCUT2D eigenvalue weighted by Crippen LogP contribution is -2.37. The Morgan fingerprint density at radius 2 is 2.19 bits per heavy atom. The van der Waals surface area contributed by atoms with Crippen molar-refractivity contribution in [3.05, 3.63) is 18.2 Å². The zero-order valence-corrected chi connectivity index (χ0v) is 13.5. The van der Waals surface area contributed by atoms with Crippen molar-refractivity contribution >= 4 is 24.2 Å². The van der Waals surface area contributed by atoms with Gasteiger partial charge in [-0.1, -0.05) is 19.8 Å². The predicted molar refractivity (Wildman–Crippen MR) is 88.5 cm³/mol. The summed E-state index contributed by atoms with van der Waals surface area (Å²) in [4.78, 5) is 11.8. The molecule has 21 heavy (non-hydrogen) atoms. The first-order valence-corrected chi connectivity index (χ1v) is 7.73. The lowest BCUT2D eigenvalue weighted by molar-refractivity contribution is -0.116. The summed E-state index contributed by atoms with van der Waals surface area (Å²) >= 11 is 4.00. The fourth-order valence-electron chi connectivity index (χ4n) is 1.72. The van der Waals surface area contributed by atoms with Crippen LogP contribution in [0.15, 0.2) is 18.2 Å². The van der Waals surface area contributed by atoms with Gasteiger partial charge < -0.3 is 20.5 Å². The number of methoxy groups -OCH3 is 1. The van der Waals surface area contributed by atoms with Crippen LogP contribution in [0.5, 0.6) is 11.5 Å². The van der Waals surface area contributed by atoms with Gasteiger partial charge in [-0.3, -0.25) is 4.79 Å². The van der Waals surface area contributed by atoms with Crippen molar-refractivity contribution in [2.75, 3.05) is 24.8 Å². The summed E-state index contributed by atoms with van der Waals surface area (Å²) in [6.45, 7) is 2.82. The van der Waals surface area contributed by atoms with E-state index in [-0.39, 0.29) is 11.7 Å². The molecule has 0 saturated carbocycles. The highest BCUT2D eigenvalue weighted by Gasteiger charge is 2.14. The van der Waals surface area contributed by atoms with Gasteiger partial charge in [0, 0.05) is 11.8 Å². The Hall–Kier alpha value is -1.40. The van der Waals surface area contributed by atoms with Crippen LogP contribution in [0.4, 0.5) is 5.69 Å². The van der Waals surface area contributed by atoms with E-state index in [1.54, 1.807) is 25.3 Å². The van der Waals surface area contributed by atoms with Crippen LogP contribution < -0.4 is 20.5 Å². The highest BCUT2D eigenvalue weighted by atomic mass is 32.1. The summed E-state index contributed by atoms with van der Waals surface area (Å²) in [5.41, 5.74) is 6.20. The molecule has 0 saturated heterocycles. The molecule has 0 aliphatic heterocycles. The number of amides is 1. The monoisotopic (exact) mass is 312 g/mol. The third-order valence-electron chi connectivity index (χ3n) is 2.98. The number of rotatable bonds is 9. The Bertz CT molecular complexity index is 455. The van der Waals surface area contributed by atoms with Crippen LogP contribution >= 0.6 is 12.6 Å². The Morgan fingerprint density at radius 3 is 2.81 bits per heavy atom. The molecule has 0 fully saturated rings. The number of hydrogen-bond acceptors (Lipinski definition) is 5. The molecule has 0 heterocycles. The predicted octanol–water partition coefficient (Wildman–Crippen LogP) is 2.46. The molecule has 0 bridgehead atoms. The third-order valence-corrected chi connectivity index (χ3v) is 3.37. The number of ether oxygens (including phenoxy) is 2. The van der Waals surface area contributed by atoms with Crippen LogP contribution in [0.3, 0.4) is 0 Å². The van der Waals surface area contributed by atoms with Crippen molar-refractivity contribution < 1.29 is 14.3 Å². The number of thiol groups is 1. The first kappa shape index (κ1) is 17.7. The summed E-state index contributed by atoms with van der Waals surface area (Å²) in [5, 5.41) is 2.72. The van der Waals surface area contributed by atoms with Gasteiger partial charge in [-0.25, -0.2) is 0 Å². The molecule has 1 unspecified atom stereocenters. The van der Waals surface area contributed by atoms with Gasteiger partial charge in [-0.15, -0.1) is 0 Å². The van der Waals surface area contributed by atoms with Gasteiger partial charge in [0.1, 0.15) is 11.5 Å². The first-order valence-electron chi connectivity index (χ1n) is 7.10. The molecule has 5 nitrogen and oxygen atoms in total. The van der Waals surface area contributed by atoms with E-state index in [1.807, 2.05) is 0 Å². The normalized spacial score (nSPS) is 11.8. The van der Waals surface area contributed by atoms with Crippen molar-refractivity contribution in [1.29, 1.82) is 0 Å². The second kappa shape index (κ2) is 9.52. The van der Waals surface area contributed by atoms with Crippen molar-refractivity contribution in [3.8, 4) is 11.5 Å². The van der Waals surface area contributed by atoms with Gasteiger partial charge in [-0.05, 0) is 18.6 Å². The number of hydrogen-bond donors (Lipinski definition) is 3. The van der Waals surface area contributed by atoms with Crippen LogP contribution in [-0.2, 0) is 4.79 Å². The maximum Gasteiger partial charge on any atom is 0.242 e. The number of carbonyl (C=O) groups excluding carboxylic acids is 1. The summed E-state index contributed by atoms with van der Waals surface area (Å²) in [6.07, 6.45) is 3.32. The third kappa shape index (κ3) is 5.85. The van der Waals surface area contributed by atoms with Crippen LogP contribution in [0.2, 0.25) is 0 Å². The molecular weight excluding hydrogens is 288 g/mol. The van der Waals surface area contributed by atoms with Crippen LogP contribution in [0.1, 0.15) is 26.2 Å². The largest absolute Gasteiger partial charge is 0.494 e. The maximum atomic E-state index is 11.8.